The molecule has 0 bridgehead atoms. The molecule has 0 fully saturated rings. The molecular weight excluding hydrogens is 275 g/mol. The molecule has 0 atom stereocenters. The molecule has 0 spiro atoms. The average molecular weight is 283 g/mol. The molecule has 1 aromatic carbocycles. The fourth-order valence-corrected chi connectivity index (χ4v) is 2.50. The van der Waals surface area contributed by atoms with E-state index in [1.54, 1.807) is 6.20 Å². The van der Waals surface area contributed by atoms with Crippen LogP contribution in [0.1, 0.15) is 10.6 Å². The van der Waals surface area contributed by atoms with E-state index in [1.165, 1.54) is 17.4 Å². The first kappa shape index (κ1) is 12.2. The van der Waals surface area contributed by atoms with Crippen LogP contribution in [0.15, 0.2) is 24.4 Å². The number of imidazole rings is 1. The van der Waals surface area contributed by atoms with Gasteiger partial charge in [-0.15, -0.1) is 11.3 Å². The first-order valence-electron chi connectivity index (χ1n) is 5.43. The van der Waals surface area contributed by atoms with Gasteiger partial charge in [-0.1, -0.05) is 0 Å². The van der Waals surface area contributed by atoms with Crippen LogP contribution in [0.25, 0.3) is 21.7 Å². The van der Waals surface area contributed by atoms with E-state index in [4.69, 9.17) is 0 Å². The third kappa shape index (κ3) is 2.21. The van der Waals surface area contributed by atoms with Crippen molar-refractivity contribution in [1.82, 2.24) is 15.0 Å². The minimum Gasteiger partial charge on any atom is -0.337 e. The lowest BCUT2D eigenvalue weighted by atomic mass is 10.2. The largest absolute Gasteiger partial charge is 0.416 e. The van der Waals surface area contributed by atoms with Gasteiger partial charge in [-0.25, -0.2) is 9.97 Å². The summed E-state index contributed by atoms with van der Waals surface area (Å²) in [6, 6.07) is 3.47. The van der Waals surface area contributed by atoms with E-state index < -0.39 is 11.7 Å². The van der Waals surface area contributed by atoms with Crippen molar-refractivity contribution < 1.29 is 13.2 Å². The number of thiazole rings is 1. The second-order valence-corrected chi connectivity index (χ2v) is 5.29. The van der Waals surface area contributed by atoms with Gasteiger partial charge in [0.1, 0.15) is 5.82 Å². The quantitative estimate of drug-likeness (QED) is 0.733. The van der Waals surface area contributed by atoms with Gasteiger partial charge >= 0.3 is 6.18 Å². The van der Waals surface area contributed by atoms with Gasteiger partial charge in [0, 0.05) is 6.20 Å². The molecule has 0 unspecified atom stereocenters. The monoisotopic (exact) mass is 283 g/mol. The first-order valence-corrected chi connectivity index (χ1v) is 6.25. The van der Waals surface area contributed by atoms with Crippen LogP contribution < -0.4 is 0 Å². The number of hydrogen-bond acceptors (Lipinski definition) is 3. The average Bonchev–Trinajstić information content (AvgIpc) is 2.92. The SMILES string of the molecule is Cc1ncc(-c2nc3ccc(C(F)(F)F)cc3[nH]2)s1. The zero-order chi connectivity index (χ0) is 13.6. The molecule has 0 aliphatic rings. The van der Waals surface area contributed by atoms with Crippen molar-refractivity contribution in [1.29, 1.82) is 0 Å². The highest BCUT2D eigenvalue weighted by Crippen LogP contribution is 2.32. The Hall–Kier alpha value is -1.89. The molecule has 0 saturated heterocycles. The van der Waals surface area contributed by atoms with Crippen molar-refractivity contribution >= 4 is 22.4 Å². The predicted molar refractivity (Wildman–Crippen MR) is 66.9 cm³/mol. The Morgan fingerprint density at radius 2 is 2.05 bits per heavy atom. The molecule has 0 amide bonds. The van der Waals surface area contributed by atoms with Gasteiger partial charge in [-0.3, -0.25) is 0 Å². The fourth-order valence-electron chi connectivity index (χ4n) is 1.77. The lowest BCUT2D eigenvalue weighted by Gasteiger charge is -2.05. The maximum Gasteiger partial charge on any atom is 0.416 e. The Kier molecular flexibility index (Phi) is 2.60. The molecular formula is C12H8F3N3S. The van der Waals surface area contributed by atoms with Crippen molar-refractivity contribution in [2.24, 2.45) is 0 Å². The maximum atomic E-state index is 12.6. The number of aromatic nitrogens is 3. The molecule has 19 heavy (non-hydrogen) atoms. The van der Waals surface area contributed by atoms with Gasteiger partial charge in [-0.05, 0) is 25.1 Å². The molecule has 98 valence electrons. The van der Waals surface area contributed by atoms with Crippen LogP contribution in [0.5, 0.6) is 0 Å². The van der Waals surface area contributed by atoms with E-state index in [0.717, 1.165) is 22.0 Å². The van der Waals surface area contributed by atoms with Crippen molar-refractivity contribution in [3.05, 3.63) is 35.0 Å². The highest BCUT2D eigenvalue weighted by atomic mass is 32.1. The predicted octanol–water partition coefficient (Wildman–Crippen LogP) is 4.01. The van der Waals surface area contributed by atoms with E-state index in [1.807, 2.05) is 6.92 Å². The summed E-state index contributed by atoms with van der Waals surface area (Å²) in [4.78, 5) is 12.1. The molecule has 3 aromatic rings. The number of aryl methyl sites for hydroxylation is 1. The van der Waals surface area contributed by atoms with E-state index in [9.17, 15) is 13.2 Å². The second kappa shape index (κ2) is 4.06. The summed E-state index contributed by atoms with van der Waals surface area (Å²) in [5.41, 5.74) is 0.195. The first-order chi connectivity index (χ1) is 8.93. The standard InChI is InChI=1S/C12H8F3N3S/c1-6-16-5-10(19-6)11-17-8-3-2-7(12(13,14)15)4-9(8)18-11/h2-5H,1H3,(H,17,18). The molecule has 0 saturated carbocycles. The van der Waals surface area contributed by atoms with Crippen molar-refractivity contribution in [3.8, 4) is 10.7 Å². The van der Waals surface area contributed by atoms with Crippen LogP contribution in [-0.4, -0.2) is 15.0 Å². The molecule has 3 nitrogen and oxygen atoms in total. The number of benzene rings is 1. The highest BCUT2D eigenvalue weighted by Gasteiger charge is 2.30. The third-order valence-corrected chi connectivity index (χ3v) is 3.58. The second-order valence-electron chi connectivity index (χ2n) is 4.06. The van der Waals surface area contributed by atoms with Crippen LogP contribution >= 0.6 is 11.3 Å². The van der Waals surface area contributed by atoms with Gasteiger partial charge in [-0.2, -0.15) is 13.2 Å². The minimum atomic E-state index is -4.35. The van der Waals surface area contributed by atoms with Gasteiger partial charge in [0.25, 0.3) is 0 Å². The topological polar surface area (TPSA) is 41.6 Å². The molecule has 1 N–H and O–H groups in total. The van der Waals surface area contributed by atoms with Gasteiger partial charge in [0.15, 0.2) is 0 Å². The van der Waals surface area contributed by atoms with Crippen molar-refractivity contribution in [2.45, 2.75) is 13.1 Å². The number of rotatable bonds is 1. The van der Waals surface area contributed by atoms with Gasteiger partial charge in [0.2, 0.25) is 0 Å². The van der Waals surface area contributed by atoms with E-state index in [0.29, 0.717) is 16.9 Å². The Labute approximate surface area is 110 Å². The third-order valence-electron chi connectivity index (χ3n) is 2.66. The normalized spacial score (nSPS) is 12.2. The summed E-state index contributed by atoms with van der Waals surface area (Å²) in [5.74, 6) is 0.542. The zero-order valence-electron chi connectivity index (χ0n) is 9.75. The van der Waals surface area contributed by atoms with Gasteiger partial charge < -0.3 is 4.98 Å². The number of fused-ring (bicyclic) bond motifs is 1. The van der Waals surface area contributed by atoms with E-state index in [-0.39, 0.29) is 0 Å². The number of hydrogen-bond donors (Lipinski definition) is 1. The Balaban J connectivity index is 2.11. The van der Waals surface area contributed by atoms with Crippen LogP contribution in [0, 0.1) is 6.92 Å². The number of halogens is 3. The molecule has 0 aliphatic heterocycles. The van der Waals surface area contributed by atoms with Crippen LogP contribution in [-0.2, 0) is 6.18 Å². The van der Waals surface area contributed by atoms with Crippen LogP contribution in [0.2, 0.25) is 0 Å². The summed E-state index contributed by atoms with van der Waals surface area (Å²) in [7, 11) is 0. The molecule has 3 rings (SSSR count). The maximum absolute atomic E-state index is 12.6. The number of H-pyrrole nitrogens is 1. The summed E-state index contributed by atoms with van der Waals surface area (Å²) >= 11 is 1.44. The Bertz CT molecular complexity index is 742. The van der Waals surface area contributed by atoms with Crippen LogP contribution in [0.4, 0.5) is 13.2 Å². The van der Waals surface area contributed by atoms with Crippen molar-refractivity contribution in [2.75, 3.05) is 0 Å². The van der Waals surface area contributed by atoms with Crippen molar-refractivity contribution in [3.63, 3.8) is 0 Å². The lowest BCUT2D eigenvalue weighted by Crippen LogP contribution is -2.04. The molecule has 0 radical (unpaired) electrons. The Morgan fingerprint density at radius 1 is 1.26 bits per heavy atom. The number of alkyl halides is 3. The smallest absolute Gasteiger partial charge is 0.337 e. The molecule has 2 aromatic heterocycles. The molecule has 2 heterocycles. The lowest BCUT2D eigenvalue weighted by molar-refractivity contribution is -0.137. The van der Waals surface area contributed by atoms with Gasteiger partial charge in [0.05, 0.1) is 26.5 Å². The minimum absolute atomic E-state index is 0.371. The fraction of sp³-hybridized carbons (Fsp3) is 0.167. The summed E-state index contributed by atoms with van der Waals surface area (Å²) in [6.07, 6.45) is -2.69. The van der Waals surface area contributed by atoms with Crippen LogP contribution in [0.3, 0.4) is 0 Å². The summed E-state index contributed by atoms with van der Waals surface area (Å²) in [6.45, 7) is 1.86. The summed E-state index contributed by atoms with van der Waals surface area (Å²) < 4.78 is 37.8. The van der Waals surface area contributed by atoms with E-state index in [2.05, 4.69) is 15.0 Å². The molecule has 7 heteroatoms. The Morgan fingerprint density at radius 3 is 2.68 bits per heavy atom. The number of aromatic amines is 1. The summed E-state index contributed by atoms with van der Waals surface area (Å²) in [5, 5.41) is 0.881. The molecule has 0 aliphatic carbocycles. The van der Waals surface area contributed by atoms with E-state index >= 15 is 0 Å². The zero-order valence-corrected chi connectivity index (χ0v) is 10.6. The highest BCUT2D eigenvalue weighted by molar-refractivity contribution is 7.14. The number of nitrogens with zero attached hydrogens (tertiary/aromatic N) is 2. The number of nitrogens with one attached hydrogen (secondary N) is 1.